The highest BCUT2D eigenvalue weighted by Crippen LogP contribution is 2.38. The molecular formula is C39H36ClFN8O5S2. The molecule has 2 unspecified atom stereocenters. The summed E-state index contributed by atoms with van der Waals surface area (Å²) in [6.07, 6.45) is 0. The molecule has 0 fully saturated rings. The van der Waals surface area contributed by atoms with E-state index in [1.807, 2.05) is 36.4 Å². The molecule has 0 aliphatic rings. The first-order valence-corrected chi connectivity index (χ1v) is 18.7. The number of ether oxygens (including phenoxy) is 1. The maximum Gasteiger partial charge on any atom is 0.240 e. The van der Waals surface area contributed by atoms with E-state index in [9.17, 15) is 23.6 Å². The lowest BCUT2D eigenvalue weighted by Crippen LogP contribution is -2.40. The van der Waals surface area contributed by atoms with Crippen LogP contribution in [0.25, 0.3) is 0 Å². The van der Waals surface area contributed by atoms with Gasteiger partial charge in [0.15, 0.2) is 10.3 Å². The van der Waals surface area contributed by atoms with E-state index < -0.39 is 29.7 Å². The zero-order chi connectivity index (χ0) is 40.7. The Morgan fingerprint density at radius 3 is 1.57 bits per heavy atom. The minimum absolute atomic E-state index is 0.00748. The summed E-state index contributed by atoms with van der Waals surface area (Å²) in [4.78, 5) is 61.5. The summed E-state index contributed by atoms with van der Waals surface area (Å²) in [6.45, 7) is 3.23. The second-order valence-corrected chi connectivity index (χ2v) is 14.4. The van der Waals surface area contributed by atoms with Crippen molar-refractivity contribution in [2.75, 3.05) is 28.4 Å². The highest BCUT2D eigenvalue weighted by atomic mass is 35.5. The molecule has 2 heterocycles. The summed E-state index contributed by atoms with van der Waals surface area (Å²) in [5.41, 5.74) is 24.9. The number of hydrogen-bond acceptors (Lipinski definition) is 13. The molecule has 0 aliphatic heterocycles. The third kappa shape index (κ3) is 9.11. The minimum atomic E-state index is -0.889. The highest BCUT2D eigenvalue weighted by molar-refractivity contribution is 7.18. The molecule has 6 rings (SSSR count). The molecule has 0 aliphatic carbocycles. The number of primary amides is 2. The molecule has 0 spiro atoms. The maximum absolute atomic E-state index is 14.0. The van der Waals surface area contributed by atoms with Crippen LogP contribution in [0.1, 0.15) is 44.3 Å². The number of thiazole rings is 2. The lowest BCUT2D eigenvalue weighted by molar-refractivity contribution is -0.119. The second-order valence-electron chi connectivity index (χ2n) is 12.0. The number of halogens is 2. The van der Waals surface area contributed by atoms with Crippen LogP contribution in [-0.2, 0) is 9.59 Å². The van der Waals surface area contributed by atoms with Gasteiger partial charge in [-0.3, -0.25) is 19.2 Å². The molecule has 288 valence electrons. The van der Waals surface area contributed by atoms with Crippen molar-refractivity contribution < 1.29 is 28.3 Å². The van der Waals surface area contributed by atoms with Crippen LogP contribution in [0.5, 0.6) is 5.75 Å². The Kier molecular flexibility index (Phi) is 13.0. The minimum Gasteiger partial charge on any atom is -0.497 e. The van der Waals surface area contributed by atoms with Crippen molar-refractivity contribution in [3.05, 3.63) is 135 Å². The van der Waals surface area contributed by atoms with Gasteiger partial charge in [-0.05, 0) is 68.4 Å². The topological polar surface area (TPSA) is 214 Å². The first-order chi connectivity index (χ1) is 26.7. The van der Waals surface area contributed by atoms with Crippen molar-refractivity contribution in [1.29, 1.82) is 0 Å². The number of methoxy groups -OCH3 is 1. The largest absolute Gasteiger partial charge is 0.497 e. The van der Waals surface area contributed by atoms with Gasteiger partial charge in [0.1, 0.15) is 45.0 Å². The number of hydrogen-bond donors (Lipinski definition) is 4. The van der Waals surface area contributed by atoms with Crippen molar-refractivity contribution in [3.8, 4) is 5.75 Å². The molecule has 2 atom stereocenters. The Morgan fingerprint density at radius 2 is 1.12 bits per heavy atom. The number of nitrogens with zero attached hydrogens (tertiary/aromatic N) is 4. The first-order valence-electron chi connectivity index (χ1n) is 16.7. The van der Waals surface area contributed by atoms with Crippen LogP contribution in [0.15, 0.2) is 103 Å². The van der Waals surface area contributed by atoms with Gasteiger partial charge in [-0.2, -0.15) is 0 Å². The lowest BCUT2D eigenvalue weighted by atomic mass is 10.1. The maximum atomic E-state index is 14.0. The van der Waals surface area contributed by atoms with Crippen molar-refractivity contribution in [2.45, 2.75) is 25.9 Å². The number of rotatable bonds is 13. The fourth-order valence-electron chi connectivity index (χ4n) is 5.24. The fraction of sp³-hybridized carbons (Fsp3) is 0.128. The number of amides is 2. The molecular weight excluding hydrogens is 779 g/mol. The number of para-hydroxylation sites is 1. The van der Waals surface area contributed by atoms with Gasteiger partial charge in [-0.1, -0.05) is 82.8 Å². The monoisotopic (exact) mass is 814 g/mol. The van der Waals surface area contributed by atoms with E-state index in [2.05, 4.69) is 9.97 Å². The standard InChI is InChI=1S/C20H18ClFN4O3S.C19H18N4O2S/c1-10(19(24)28)26(12-5-8-14(21)15(22)9-12)20-25-18(23)17(30-20)16(27)11-3-6-13(29-2)7-4-11;1-12(18(21)25)23(14-10-6-3-7-11-14)19-22-17(20)16(26-19)15(24)13-8-4-2-5-9-13/h3-10H,23H2,1-2H3,(H2,24,28);2-12H,20H2,1H3,(H2,21,25). The quantitative estimate of drug-likeness (QED) is 0.0897. The van der Waals surface area contributed by atoms with Gasteiger partial charge in [0, 0.05) is 22.5 Å². The van der Waals surface area contributed by atoms with E-state index in [4.69, 9.17) is 39.3 Å². The molecule has 4 aromatic carbocycles. The SMILES string of the molecule is CC(C(N)=O)N(c1ccccc1)c1nc(N)c(C(=O)c2ccccc2)s1.COc1ccc(C(=O)c2sc(N(c3ccc(Cl)c(F)c3)C(C)C(N)=O)nc2N)cc1. The van der Waals surface area contributed by atoms with Crippen LogP contribution in [0.2, 0.25) is 5.02 Å². The van der Waals surface area contributed by atoms with Crippen molar-refractivity contribution >= 4 is 90.9 Å². The predicted octanol–water partition coefficient (Wildman–Crippen LogP) is 6.74. The Morgan fingerprint density at radius 1 is 0.679 bits per heavy atom. The van der Waals surface area contributed by atoms with Gasteiger partial charge < -0.3 is 37.5 Å². The zero-order valence-electron chi connectivity index (χ0n) is 30.2. The zero-order valence-corrected chi connectivity index (χ0v) is 32.6. The van der Waals surface area contributed by atoms with E-state index in [1.165, 1.54) is 31.1 Å². The number of benzene rings is 4. The van der Waals surface area contributed by atoms with Crippen LogP contribution in [0, 0.1) is 5.82 Å². The highest BCUT2D eigenvalue weighted by Gasteiger charge is 2.29. The molecule has 0 saturated heterocycles. The summed E-state index contributed by atoms with van der Waals surface area (Å²) in [7, 11) is 1.53. The van der Waals surface area contributed by atoms with Crippen LogP contribution < -0.4 is 37.5 Å². The van der Waals surface area contributed by atoms with Crippen LogP contribution in [0.4, 0.5) is 37.7 Å². The average Bonchev–Trinajstić information content (AvgIpc) is 3.78. The Balaban J connectivity index is 0.000000216. The van der Waals surface area contributed by atoms with Crippen molar-refractivity contribution in [1.82, 2.24) is 9.97 Å². The Labute approximate surface area is 334 Å². The lowest BCUT2D eigenvalue weighted by Gasteiger charge is -2.26. The summed E-state index contributed by atoms with van der Waals surface area (Å²) < 4.78 is 19.1. The van der Waals surface area contributed by atoms with E-state index in [0.717, 1.165) is 34.4 Å². The molecule has 8 N–H and O–H groups in total. The van der Waals surface area contributed by atoms with Gasteiger partial charge >= 0.3 is 0 Å². The number of aromatic nitrogens is 2. The van der Waals surface area contributed by atoms with E-state index in [-0.39, 0.29) is 38.2 Å². The van der Waals surface area contributed by atoms with Crippen LogP contribution >= 0.6 is 34.3 Å². The third-order valence-electron chi connectivity index (χ3n) is 8.31. The molecule has 17 heteroatoms. The predicted molar refractivity (Wildman–Crippen MR) is 219 cm³/mol. The number of nitrogens with two attached hydrogens (primary N) is 4. The molecule has 2 aromatic heterocycles. The number of carbonyl (C=O) groups excluding carboxylic acids is 4. The first kappa shape index (κ1) is 40.8. The fourth-order valence-corrected chi connectivity index (χ4v) is 7.46. The van der Waals surface area contributed by atoms with Gasteiger partial charge in [-0.15, -0.1) is 0 Å². The summed E-state index contributed by atoms with van der Waals surface area (Å²) >= 11 is 7.88. The molecule has 56 heavy (non-hydrogen) atoms. The molecule has 2 amide bonds. The van der Waals surface area contributed by atoms with Crippen LogP contribution in [-0.4, -0.2) is 52.5 Å². The van der Waals surface area contributed by atoms with Gasteiger partial charge in [0.25, 0.3) is 0 Å². The van der Waals surface area contributed by atoms with Gasteiger partial charge in [0.2, 0.25) is 23.4 Å². The third-order valence-corrected chi connectivity index (χ3v) is 10.8. The summed E-state index contributed by atoms with van der Waals surface area (Å²) in [5, 5.41) is 0.594. The van der Waals surface area contributed by atoms with E-state index >= 15 is 0 Å². The van der Waals surface area contributed by atoms with Gasteiger partial charge in [0.05, 0.1) is 12.1 Å². The smallest absolute Gasteiger partial charge is 0.240 e. The number of anilines is 6. The van der Waals surface area contributed by atoms with Gasteiger partial charge in [-0.25, -0.2) is 14.4 Å². The molecule has 13 nitrogen and oxygen atoms in total. The summed E-state index contributed by atoms with van der Waals surface area (Å²) in [6, 6.07) is 27.1. The molecule has 0 saturated carbocycles. The average molecular weight is 815 g/mol. The van der Waals surface area contributed by atoms with E-state index in [0.29, 0.717) is 32.6 Å². The molecule has 0 bridgehead atoms. The molecule has 0 radical (unpaired) electrons. The van der Waals surface area contributed by atoms with E-state index in [1.54, 1.807) is 60.4 Å². The summed E-state index contributed by atoms with van der Waals surface area (Å²) in [5.74, 6) is -1.64. The van der Waals surface area contributed by atoms with Crippen molar-refractivity contribution in [2.24, 2.45) is 11.5 Å². The number of carbonyl (C=O) groups is 4. The van der Waals surface area contributed by atoms with Crippen molar-refractivity contribution in [3.63, 3.8) is 0 Å². The second kappa shape index (κ2) is 17.9. The Hall–Kier alpha value is -6.36. The number of ketones is 2. The molecule has 6 aromatic rings. The van der Waals surface area contributed by atoms with Crippen LogP contribution in [0.3, 0.4) is 0 Å². The Bertz CT molecular complexity index is 2360. The normalized spacial score (nSPS) is 11.7. The number of nitrogen functional groups attached to an aromatic ring is 2.